The monoisotopic (exact) mass is 281 g/mol. The summed E-state index contributed by atoms with van der Waals surface area (Å²) in [6.07, 6.45) is 0.280. The van der Waals surface area contributed by atoms with Gasteiger partial charge in [-0.25, -0.2) is 4.79 Å². The fourth-order valence-electron chi connectivity index (χ4n) is 2.08. The van der Waals surface area contributed by atoms with Crippen molar-refractivity contribution in [2.75, 3.05) is 5.73 Å². The molecule has 0 aliphatic rings. The van der Waals surface area contributed by atoms with E-state index in [0.29, 0.717) is 6.42 Å². The highest BCUT2D eigenvalue weighted by Gasteiger charge is 2.17. The molecular weight excluding hydrogens is 266 g/mol. The first-order chi connectivity index (χ1) is 9.34. The van der Waals surface area contributed by atoms with E-state index in [9.17, 15) is 14.4 Å². The van der Waals surface area contributed by atoms with Crippen LogP contribution < -0.4 is 17.0 Å². The number of nitrogen functional groups attached to an aromatic ring is 1. The summed E-state index contributed by atoms with van der Waals surface area (Å²) in [5.41, 5.74) is 5.17. The molecule has 2 rings (SSSR count). The van der Waals surface area contributed by atoms with Crippen molar-refractivity contribution < 1.29 is 9.90 Å². The predicted octanol–water partition coefficient (Wildman–Crippen LogP) is -1.12. The molecule has 0 saturated heterocycles. The average molecular weight is 281 g/mol. The van der Waals surface area contributed by atoms with Crippen LogP contribution in [0.3, 0.4) is 0 Å². The molecule has 0 atom stereocenters. The Balaban J connectivity index is 2.61. The van der Waals surface area contributed by atoms with E-state index in [0.717, 1.165) is 4.57 Å². The highest BCUT2D eigenvalue weighted by atomic mass is 16.4. The molecule has 2 aromatic heterocycles. The van der Waals surface area contributed by atoms with Crippen LogP contribution in [0.25, 0.3) is 11.2 Å². The molecule has 0 amide bonds. The van der Waals surface area contributed by atoms with Crippen LogP contribution in [0, 0.1) is 0 Å². The zero-order valence-electron chi connectivity index (χ0n) is 11.2. The number of imidazole rings is 1. The van der Waals surface area contributed by atoms with Crippen molar-refractivity contribution in [3.05, 3.63) is 20.8 Å². The number of nitrogens with two attached hydrogens (primary N) is 1. The number of fused-ring (bicyclic) bond motifs is 1. The molecular formula is C11H15N5O4. The number of hydrogen-bond acceptors (Lipinski definition) is 5. The van der Waals surface area contributed by atoms with Crippen LogP contribution in [0.2, 0.25) is 0 Å². The van der Waals surface area contributed by atoms with E-state index in [1.54, 1.807) is 0 Å². The zero-order chi connectivity index (χ0) is 15.0. The van der Waals surface area contributed by atoms with E-state index in [-0.39, 0.29) is 30.1 Å². The number of carboxylic acids is 1. The third kappa shape index (κ3) is 2.06. The minimum atomic E-state index is -0.923. The lowest BCUT2D eigenvalue weighted by atomic mass is 10.3. The van der Waals surface area contributed by atoms with Gasteiger partial charge in [-0.15, -0.1) is 0 Å². The van der Waals surface area contributed by atoms with Gasteiger partial charge in [0.2, 0.25) is 5.95 Å². The van der Waals surface area contributed by atoms with Gasteiger partial charge in [0.05, 0.1) is 0 Å². The molecule has 0 radical (unpaired) electrons. The van der Waals surface area contributed by atoms with Gasteiger partial charge in [0, 0.05) is 27.1 Å². The van der Waals surface area contributed by atoms with Gasteiger partial charge < -0.3 is 15.4 Å². The van der Waals surface area contributed by atoms with E-state index in [1.807, 2.05) is 0 Å². The minimum absolute atomic E-state index is 0.0365. The van der Waals surface area contributed by atoms with E-state index in [4.69, 9.17) is 10.8 Å². The quantitative estimate of drug-likeness (QED) is 0.731. The van der Waals surface area contributed by atoms with Crippen LogP contribution >= 0.6 is 0 Å². The van der Waals surface area contributed by atoms with Gasteiger partial charge in [-0.3, -0.25) is 18.7 Å². The van der Waals surface area contributed by atoms with Gasteiger partial charge in [-0.1, -0.05) is 0 Å². The lowest BCUT2D eigenvalue weighted by molar-refractivity contribution is -0.137. The number of hydrogen-bond donors (Lipinski definition) is 2. The molecule has 9 heteroatoms. The topological polar surface area (TPSA) is 125 Å². The second kappa shape index (κ2) is 4.83. The molecule has 20 heavy (non-hydrogen) atoms. The Kier molecular flexibility index (Phi) is 3.35. The van der Waals surface area contributed by atoms with Crippen molar-refractivity contribution in [2.45, 2.75) is 19.4 Å². The van der Waals surface area contributed by atoms with Crippen LogP contribution in [0.5, 0.6) is 0 Å². The molecule has 9 nitrogen and oxygen atoms in total. The Morgan fingerprint density at radius 1 is 1.30 bits per heavy atom. The molecule has 3 N–H and O–H groups in total. The molecule has 0 bridgehead atoms. The van der Waals surface area contributed by atoms with Crippen LogP contribution in [-0.4, -0.2) is 29.8 Å². The normalized spacial score (nSPS) is 11.1. The summed E-state index contributed by atoms with van der Waals surface area (Å²) in [6, 6.07) is 0. The summed E-state index contributed by atoms with van der Waals surface area (Å²) < 4.78 is 3.65. The van der Waals surface area contributed by atoms with E-state index >= 15 is 0 Å². The molecule has 0 aromatic carbocycles. The van der Waals surface area contributed by atoms with Gasteiger partial charge in [0.1, 0.15) is 0 Å². The Hall–Kier alpha value is -2.58. The van der Waals surface area contributed by atoms with E-state index in [2.05, 4.69) is 4.98 Å². The summed E-state index contributed by atoms with van der Waals surface area (Å²) >= 11 is 0. The maximum Gasteiger partial charge on any atom is 0.332 e. The van der Waals surface area contributed by atoms with Crippen molar-refractivity contribution in [2.24, 2.45) is 14.1 Å². The maximum absolute atomic E-state index is 12.1. The minimum Gasteiger partial charge on any atom is -0.481 e. The molecule has 2 heterocycles. The molecule has 0 fully saturated rings. The lowest BCUT2D eigenvalue weighted by Gasteiger charge is -2.06. The van der Waals surface area contributed by atoms with Crippen LogP contribution in [-0.2, 0) is 25.4 Å². The van der Waals surface area contributed by atoms with Gasteiger partial charge in [0.25, 0.3) is 5.56 Å². The Morgan fingerprint density at radius 2 is 1.95 bits per heavy atom. The van der Waals surface area contributed by atoms with Crippen LogP contribution in [0.15, 0.2) is 9.59 Å². The third-order valence-electron chi connectivity index (χ3n) is 3.15. The first-order valence-electron chi connectivity index (χ1n) is 5.98. The lowest BCUT2D eigenvalue weighted by Crippen LogP contribution is -2.37. The van der Waals surface area contributed by atoms with Crippen molar-refractivity contribution in [1.29, 1.82) is 0 Å². The first-order valence-corrected chi connectivity index (χ1v) is 5.98. The number of nitrogens with zero attached hydrogens (tertiary/aromatic N) is 4. The number of aromatic nitrogens is 4. The summed E-state index contributed by atoms with van der Waals surface area (Å²) in [5.74, 6) is -0.836. The fraction of sp³-hybridized carbons (Fsp3) is 0.455. The van der Waals surface area contributed by atoms with Gasteiger partial charge in [0.15, 0.2) is 11.2 Å². The highest BCUT2D eigenvalue weighted by Crippen LogP contribution is 2.13. The number of carbonyl (C=O) groups is 1. The Bertz CT molecular complexity index is 798. The number of aliphatic carboxylic acids is 1. The molecule has 0 unspecified atom stereocenters. The van der Waals surface area contributed by atoms with Gasteiger partial charge in [-0.2, -0.15) is 4.98 Å². The fourth-order valence-corrected chi connectivity index (χ4v) is 2.08. The van der Waals surface area contributed by atoms with Gasteiger partial charge >= 0.3 is 11.7 Å². The molecule has 0 saturated carbocycles. The van der Waals surface area contributed by atoms with Crippen LogP contribution in [0.4, 0.5) is 5.95 Å². The second-order valence-electron chi connectivity index (χ2n) is 4.50. The summed E-state index contributed by atoms with van der Waals surface area (Å²) in [7, 11) is 2.87. The highest BCUT2D eigenvalue weighted by molar-refractivity contribution is 5.73. The van der Waals surface area contributed by atoms with E-state index < -0.39 is 17.2 Å². The van der Waals surface area contributed by atoms with Crippen molar-refractivity contribution >= 4 is 23.1 Å². The number of rotatable bonds is 4. The average Bonchev–Trinajstić information content (AvgIpc) is 2.71. The van der Waals surface area contributed by atoms with Crippen molar-refractivity contribution in [1.82, 2.24) is 18.7 Å². The molecule has 0 spiro atoms. The second-order valence-corrected chi connectivity index (χ2v) is 4.50. The molecule has 0 aliphatic heterocycles. The van der Waals surface area contributed by atoms with Crippen molar-refractivity contribution in [3.63, 3.8) is 0 Å². The predicted molar refractivity (Wildman–Crippen MR) is 71.5 cm³/mol. The third-order valence-corrected chi connectivity index (χ3v) is 3.15. The number of carboxylic acid groups (broad SMARTS) is 1. The molecule has 108 valence electrons. The Morgan fingerprint density at radius 3 is 2.55 bits per heavy atom. The standard InChI is InChI=1S/C11H15N5O4/c1-14-8-7(9(19)15(2)11(14)20)16(10(12)13-8)5-3-4-6(17)18/h3-5H2,1-2H3,(H2,12,13)(H,17,18). The smallest absolute Gasteiger partial charge is 0.332 e. The molecule has 0 aliphatic carbocycles. The summed E-state index contributed by atoms with van der Waals surface area (Å²) in [4.78, 5) is 38.5. The SMILES string of the molecule is Cn1c(=O)c2c(nc(N)n2CCCC(=O)O)n(C)c1=O. The first kappa shape index (κ1) is 13.8. The maximum atomic E-state index is 12.1. The van der Waals surface area contributed by atoms with Crippen LogP contribution in [0.1, 0.15) is 12.8 Å². The summed E-state index contributed by atoms with van der Waals surface area (Å²) in [5, 5.41) is 8.64. The number of anilines is 1. The van der Waals surface area contributed by atoms with E-state index in [1.165, 1.54) is 23.2 Å². The van der Waals surface area contributed by atoms with Gasteiger partial charge in [-0.05, 0) is 6.42 Å². The van der Waals surface area contributed by atoms with Crippen molar-refractivity contribution in [3.8, 4) is 0 Å². The molecule has 2 aromatic rings. The Labute approximate surface area is 112 Å². The zero-order valence-corrected chi connectivity index (χ0v) is 11.2. The number of aryl methyl sites for hydroxylation is 2. The largest absolute Gasteiger partial charge is 0.481 e. The summed E-state index contributed by atoms with van der Waals surface area (Å²) in [6.45, 7) is 0.252.